The highest BCUT2D eigenvalue weighted by molar-refractivity contribution is 5.45. The van der Waals surface area contributed by atoms with Crippen LogP contribution in [0.25, 0.3) is 5.52 Å². The summed E-state index contributed by atoms with van der Waals surface area (Å²) in [5, 5.41) is 7.11. The van der Waals surface area contributed by atoms with E-state index in [1.54, 1.807) is 47.0 Å². The highest BCUT2D eigenvalue weighted by Gasteiger charge is 2.06. The molecule has 0 atom stereocenters. The van der Waals surface area contributed by atoms with E-state index in [1.807, 2.05) is 6.92 Å². The molecule has 0 saturated carbocycles. The van der Waals surface area contributed by atoms with Crippen LogP contribution in [0, 0.1) is 6.92 Å². The molecule has 0 spiro atoms. The number of nitrogens with one attached hydrogen (secondary N) is 1. The summed E-state index contributed by atoms with van der Waals surface area (Å²) in [6.07, 6.45) is 6.76. The predicted octanol–water partition coefficient (Wildman–Crippen LogP) is 0.684. The van der Waals surface area contributed by atoms with Gasteiger partial charge in [-0.1, -0.05) is 0 Å². The largest absolute Gasteiger partial charge is 0.372 e. The number of hydrogen-bond acceptors (Lipinski definition) is 5. The van der Waals surface area contributed by atoms with Gasteiger partial charge in [0.2, 0.25) is 0 Å². The molecule has 3 heterocycles. The van der Waals surface area contributed by atoms with Crippen LogP contribution in [0.15, 0.2) is 35.6 Å². The smallest absolute Gasteiger partial charge is 0.276 e. The zero-order chi connectivity index (χ0) is 14.1. The maximum atomic E-state index is 12.3. The van der Waals surface area contributed by atoms with Crippen LogP contribution in [-0.4, -0.2) is 31.2 Å². The predicted molar refractivity (Wildman–Crippen MR) is 74.9 cm³/mol. The van der Waals surface area contributed by atoms with Crippen molar-refractivity contribution in [2.45, 2.75) is 13.5 Å². The van der Waals surface area contributed by atoms with Crippen molar-refractivity contribution in [3.8, 4) is 0 Å². The van der Waals surface area contributed by atoms with E-state index in [0.717, 1.165) is 11.4 Å². The molecule has 1 N–H and O–H groups in total. The van der Waals surface area contributed by atoms with Gasteiger partial charge in [0.05, 0.1) is 30.3 Å². The molecule has 7 heteroatoms. The third-order valence-corrected chi connectivity index (χ3v) is 3.02. The van der Waals surface area contributed by atoms with Crippen molar-refractivity contribution in [1.82, 2.24) is 24.1 Å². The molecule has 7 nitrogen and oxygen atoms in total. The lowest BCUT2D eigenvalue weighted by Crippen LogP contribution is -2.22. The van der Waals surface area contributed by atoms with Crippen LogP contribution < -0.4 is 10.9 Å². The van der Waals surface area contributed by atoms with Crippen LogP contribution in [0.2, 0.25) is 0 Å². The van der Waals surface area contributed by atoms with Crippen LogP contribution in [-0.2, 0) is 6.54 Å². The van der Waals surface area contributed by atoms with E-state index in [1.165, 1.54) is 0 Å². The molecule has 0 aliphatic carbocycles. The highest BCUT2D eigenvalue weighted by Crippen LogP contribution is 2.03. The molecule has 0 bridgehead atoms. The van der Waals surface area contributed by atoms with Gasteiger partial charge in [-0.3, -0.25) is 9.78 Å². The second kappa shape index (κ2) is 4.76. The van der Waals surface area contributed by atoms with Crippen LogP contribution in [0.5, 0.6) is 0 Å². The standard InChI is InChI=1S/C13H14N6O/c1-9-5-11-13(20)18(3-4-19(11)17-9)8-10-6-16-12(14-2)7-15-10/h3-7H,8H2,1-2H3,(H,14,16). The third-order valence-electron chi connectivity index (χ3n) is 3.02. The molecule has 20 heavy (non-hydrogen) atoms. The maximum absolute atomic E-state index is 12.3. The molecule has 3 aromatic heterocycles. The summed E-state index contributed by atoms with van der Waals surface area (Å²) in [6.45, 7) is 2.25. The lowest BCUT2D eigenvalue weighted by Gasteiger charge is -2.06. The van der Waals surface area contributed by atoms with E-state index in [4.69, 9.17) is 0 Å². The van der Waals surface area contributed by atoms with Gasteiger partial charge in [-0.2, -0.15) is 5.10 Å². The molecule has 0 amide bonds. The number of nitrogens with zero attached hydrogens (tertiary/aromatic N) is 5. The number of hydrogen-bond donors (Lipinski definition) is 1. The normalized spacial score (nSPS) is 10.9. The Hall–Kier alpha value is -2.70. The Balaban J connectivity index is 1.97. The Morgan fingerprint density at radius 1 is 1.25 bits per heavy atom. The first kappa shape index (κ1) is 12.3. The minimum absolute atomic E-state index is 0.0902. The molecular weight excluding hydrogens is 256 g/mol. The van der Waals surface area contributed by atoms with Crippen molar-refractivity contribution >= 4 is 11.3 Å². The summed E-state index contributed by atoms with van der Waals surface area (Å²) in [5.41, 5.74) is 2.02. The summed E-state index contributed by atoms with van der Waals surface area (Å²) < 4.78 is 3.18. The minimum Gasteiger partial charge on any atom is -0.372 e. The quantitative estimate of drug-likeness (QED) is 0.757. The molecule has 3 rings (SSSR count). The number of fused-ring (bicyclic) bond motifs is 1. The number of aromatic nitrogens is 5. The van der Waals surface area contributed by atoms with E-state index in [9.17, 15) is 4.79 Å². The van der Waals surface area contributed by atoms with Gasteiger partial charge in [0.25, 0.3) is 5.56 Å². The van der Waals surface area contributed by atoms with Gasteiger partial charge in [0.15, 0.2) is 0 Å². The fourth-order valence-corrected chi connectivity index (χ4v) is 2.01. The number of aryl methyl sites for hydroxylation is 1. The number of rotatable bonds is 3. The average Bonchev–Trinajstić information content (AvgIpc) is 2.84. The second-order valence-electron chi connectivity index (χ2n) is 4.49. The molecule has 0 unspecified atom stereocenters. The van der Waals surface area contributed by atoms with Gasteiger partial charge >= 0.3 is 0 Å². The topological polar surface area (TPSA) is 77.1 Å². The first-order chi connectivity index (χ1) is 9.67. The fourth-order valence-electron chi connectivity index (χ4n) is 2.01. The van der Waals surface area contributed by atoms with Crippen LogP contribution >= 0.6 is 0 Å². The lowest BCUT2D eigenvalue weighted by atomic mass is 10.4. The maximum Gasteiger partial charge on any atom is 0.276 e. The molecule has 0 fully saturated rings. The molecule has 3 aromatic rings. The van der Waals surface area contributed by atoms with Gasteiger partial charge in [0.1, 0.15) is 11.3 Å². The Kier molecular flexibility index (Phi) is 2.94. The van der Waals surface area contributed by atoms with E-state index >= 15 is 0 Å². The first-order valence-corrected chi connectivity index (χ1v) is 6.21. The Morgan fingerprint density at radius 2 is 2.10 bits per heavy atom. The van der Waals surface area contributed by atoms with E-state index in [-0.39, 0.29) is 5.56 Å². The molecule has 102 valence electrons. The molecule has 0 aliphatic rings. The van der Waals surface area contributed by atoms with E-state index < -0.39 is 0 Å². The average molecular weight is 270 g/mol. The minimum atomic E-state index is -0.0902. The third kappa shape index (κ3) is 2.13. The van der Waals surface area contributed by atoms with E-state index in [0.29, 0.717) is 17.9 Å². The Morgan fingerprint density at radius 3 is 2.80 bits per heavy atom. The van der Waals surface area contributed by atoms with Crippen molar-refractivity contribution in [1.29, 1.82) is 0 Å². The number of anilines is 1. The van der Waals surface area contributed by atoms with Crippen molar-refractivity contribution in [2.75, 3.05) is 12.4 Å². The summed E-state index contributed by atoms with van der Waals surface area (Å²) in [4.78, 5) is 20.8. The zero-order valence-electron chi connectivity index (χ0n) is 11.2. The summed E-state index contributed by atoms with van der Waals surface area (Å²) in [7, 11) is 1.78. The Labute approximate surface area is 114 Å². The van der Waals surface area contributed by atoms with Crippen LogP contribution in [0.3, 0.4) is 0 Å². The van der Waals surface area contributed by atoms with E-state index in [2.05, 4.69) is 20.4 Å². The monoisotopic (exact) mass is 270 g/mol. The second-order valence-corrected chi connectivity index (χ2v) is 4.49. The molecule has 0 saturated heterocycles. The van der Waals surface area contributed by atoms with Gasteiger partial charge in [-0.05, 0) is 13.0 Å². The first-order valence-electron chi connectivity index (χ1n) is 6.21. The zero-order valence-corrected chi connectivity index (χ0v) is 11.2. The lowest BCUT2D eigenvalue weighted by molar-refractivity contribution is 0.722. The SMILES string of the molecule is CNc1cnc(Cn2ccn3nc(C)cc3c2=O)cn1. The van der Waals surface area contributed by atoms with Crippen molar-refractivity contribution < 1.29 is 0 Å². The van der Waals surface area contributed by atoms with Gasteiger partial charge in [0, 0.05) is 19.4 Å². The van der Waals surface area contributed by atoms with Gasteiger partial charge in [-0.15, -0.1) is 0 Å². The fraction of sp³-hybridized carbons (Fsp3) is 0.231. The van der Waals surface area contributed by atoms with Crippen LogP contribution in [0.4, 0.5) is 5.82 Å². The Bertz CT molecular complexity index is 802. The summed E-state index contributed by atoms with van der Waals surface area (Å²) in [5.74, 6) is 0.697. The van der Waals surface area contributed by atoms with Crippen LogP contribution in [0.1, 0.15) is 11.4 Å². The van der Waals surface area contributed by atoms with Gasteiger partial charge < -0.3 is 9.88 Å². The molecule has 0 radical (unpaired) electrons. The van der Waals surface area contributed by atoms with Crippen molar-refractivity contribution in [2.24, 2.45) is 0 Å². The van der Waals surface area contributed by atoms with Crippen molar-refractivity contribution in [3.05, 3.63) is 52.6 Å². The molecule has 0 aromatic carbocycles. The summed E-state index contributed by atoms with van der Waals surface area (Å²) >= 11 is 0. The van der Waals surface area contributed by atoms with Crippen molar-refractivity contribution in [3.63, 3.8) is 0 Å². The highest BCUT2D eigenvalue weighted by atomic mass is 16.1. The molecular formula is C13H14N6O. The van der Waals surface area contributed by atoms with Gasteiger partial charge in [-0.25, -0.2) is 9.50 Å². The summed E-state index contributed by atoms with van der Waals surface area (Å²) in [6, 6.07) is 1.77. The molecule has 0 aliphatic heterocycles.